The smallest absolute Gasteiger partial charge is 0.163 e. The average Bonchev–Trinajstić information content (AvgIpc) is 3.86. The Hall–Kier alpha value is -7.89. The first-order valence-electron chi connectivity index (χ1n) is 21.0. The van der Waals surface area contributed by atoms with E-state index in [1.54, 1.807) is 6.08 Å². The topological polar surface area (TPSA) is 56.7 Å². The molecule has 0 aliphatic heterocycles. The normalized spacial score (nSPS) is 14.8. The van der Waals surface area contributed by atoms with Gasteiger partial charge < -0.3 is 8.98 Å². The van der Waals surface area contributed by atoms with Crippen LogP contribution in [0.25, 0.3) is 78.0 Å². The summed E-state index contributed by atoms with van der Waals surface area (Å²) in [5.41, 5.74) is 10.7. The van der Waals surface area contributed by atoms with Gasteiger partial charge in [-0.05, 0) is 66.4 Å². The maximum Gasteiger partial charge on any atom is 0.163 e. The van der Waals surface area contributed by atoms with E-state index in [9.17, 15) is 0 Å². The Morgan fingerprint density at radius 1 is 0.742 bits per heavy atom. The van der Waals surface area contributed by atoms with Gasteiger partial charge in [0, 0.05) is 50.6 Å². The molecule has 0 amide bonds. The summed E-state index contributed by atoms with van der Waals surface area (Å²) >= 11 is 0. The third-order valence-electron chi connectivity index (χ3n) is 11.3. The molecular formula is C57H46N4O. The molecule has 5 nitrogen and oxygen atoms in total. The Morgan fingerprint density at radius 2 is 1.55 bits per heavy atom. The first-order valence-corrected chi connectivity index (χ1v) is 21.0. The van der Waals surface area contributed by atoms with E-state index >= 15 is 0 Å². The van der Waals surface area contributed by atoms with Crippen LogP contribution >= 0.6 is 0 Å². The summed E-state index contributed by atoms with van der Waals surface area (Å²) in [4.78, 5) is 15.4. The van der Waals surface area contributed by atoms with Gasteiger partial charge in [-0.15, -0.1) is 0 Å². The largest absolute Gasteiger partial charge is 0.456 e. The first kappa shape index (κ1) is 39.6. The van der Waals surface area contributed by atoms with Crippen molar-refractivity contribution < 1.29 is 4.42 Å². The fourth-order valence-electron chi connectivity index (χ4n) is 8.46. The van der Waals surface area contributed by atoms with Crippen LogP contribution in [0.5, 0.6) is 0 Å². The highest BCUT2D eigenvalue weighted by molar-refractivity contribution is 6.27. The minimum absolute atomic E-state index is 0.294. The molecule has 5 aromatic carbocycles. The van der Waals surface area contributed by atoms with Gasteiger partial charge in [-0.1, -0.05) is 178 Å². The fraction of sp³-hybridized carbons (Fsp3) is 0.0702. The van der Waals surface area contributed by atoms with Gasteiger partial charge in [-0.2, -0.15) is 0 Å². The molecule has 1 aliphatic carbocycles. The summed E-state index contributed by atoms with van der Waals surface area (Å²) in [5.74, 6) is 2.21. The number of fused-ring (bicyclic) bond motifs is 7. The molecule has 8 aromatic rings. The van der Waals surface area contributed by atoms with E-state index in [4.69, 9.17) is 19.4 Å². The zero-order valence-corrected chi connectivity index (χ0v) is 34.8. The van der Waals surface area contributed by atoms with Gasteiger partial charge in [-0.3, -0.25) is 0 Å². The second-order valence-corrected chi connectivity index (χ2v) is 15.1. The highest BCUT2D eigenvalue weighted by atomic mass is 16.3. The molecule has 3 aromatic heterocycles. The zero-order chi connectivity index (χ0) is 42.4. The number of benzene rings is 5. The third kappa shape index (κ3) is 7.57. The van der Waals surface area contributed by atoms with Crippen molar-refractivity contribution in [1.82, 2.24) is 19.5 Å². The molecule has 1 unspecified atom stereocenters. The molecule has 300 valence electrons. The summed E-state index contributed by atoms with van der Waals surface area (Å²) in [5, 5.41) is 4.44. The van der Waals surface area contributed by atoms with Crippen LogP contribution in [0.3, 0.4) is 0 Å². The van der Waals surface area contributed by atoms with Crippen LogP contribution in [-0.4, -0.2) is 19.5 Å². The summed E-state index contributed by atoms with van der Waals surface area (Å²) in [6.45, 7) is 14.3. The first-order chi connectivity index (χ1) is 30.6. The highest BCUT2D eigenvalue weighted by Gasteiger charge is 2.24. The molecule has 0 N–H and O–H groups in total. The second kappa shape index (κ2) is 17.8. The van der Waals surface area contributed by atoms with E-state index < -0.39 is 0 Å². The summed E-state index contributed by atoms with van der Waals surface area (Å²) in [6.07, 6.45) is 31.8. The number of hydrogen-bond acceptors (Lipinski definition) is 4. The summed E-state index contributed by atoms with van der Waals surface area (Å²) < 4.78 is 8.80. The number of furan rings is 1. The molecule has 62 heavy (non-hydrogen) atoms. The van der Waals surface area contributed by atoms with Gasteiger partial charge in [0.05, 0.1) is 16.7 Å². The van der Waals surface area contributed by atoms with Crippen LogP contribution in [0, 0.1) is 0 Å². The van der Waals surface area contributed by atoms with Gasteiger partial charge in [0.15, 0.2) is 11.6 Å². The maximum absolute atomic E-state index is 6.42. The van der Waals surface area contributed by atoms with Gasteiger partial charge in [-0.25, -0.2) is 15.0 Å². The lowest BCUT2D eigenvalue weighted by Crippen LogP contribution is -2.08. The summed E-state index contributed by atoms with van der Waals surface area (Å²) in [6, 6.07) is 36.1. The predicted octanol–water partition coefficient (Wildman–Crippen LogP) is 14.8. The quantitative estimate of drug-likeness (QED) is 0.109. The van der Waals surface area contributed by atoms with Crippen molar-refractivity contribution in [2.75, 3.05) is 0 Å². The molecule has 3 heterocycles. The Balaban J connectivity index is 1.30. The number of hydrogen-bond donors (Lipinski definition) is 0. The van der Waals surface area contributed by atoms with Crippen molar-refractivity contribution in [2.45, 2.75) is 25.7 Å². The number of aromatic nitrogens is 4. The number of nitrogens with zero attached hydrogens (tertiary/aromatic N) is 4. The predicted molar refractivity (Wildman–Crippen MR) is 262 cm³/mol. The SMILES string of the molecule is C=C/C=C\C=C\c1cc(-c2nc(C/C=C\C=C/C)nc(C3=CCC(c4ccccc4)C=C3)n2)cc(/C(C=C)=C/C=C)c1-n1c2ccccc2c2c3c(ccc21)oc1ccccc13. The van der Waals surface area contributed by atoms with E-state index in [1.807, 2.05) is 73.7 Å². The van der Waals surface area contributed by atoms with Crippen molar-refractivity contribution >= 4 is 61.0 Å². The van der Waals surface area contributed by atoms with Gasteiger partial charge in [0.2, 0.25) is 0 Å². The fourth-order valence-corrected chi connectivity index (χ4v) is 8.46. The maximum atomic E-state index is 6.42. The van der Waals surface area contributed by atoms with Gasteiger partial charge >= 0.3 is 0 Å². The van der Waals surface area contributed by atoms with Crippen LogP contribution in [0.15, 0.2) is 212 Å². The highest BCUT2D eigenvalue weighted by Crippen LogP contribution is 2.44. The Morgan fingerprint density at radius 3 is 2.34 bits per heavy atom. The minimum atomic E-state index is 0.294. The molecule has 0 spiro atoms. The standard InChI is InChI=1S/C57H46N4O/c1-5-9-11-14-25-43-37-44(57-59-52(30-17-12-10-6-2)58-56(60-57)42-33-31-41(32-34-42)40-23-15-13-16-24-40)38-47(39(8-4)22-7-3)55(43)61-48-28-20-18-26-45(48)53-49(61)35-36-51-54(53)46-27-19-21-29-50(46)62-51/h5-29,31,33-38,41H,1,3-4,30,32H2,2H3/b10-6-,11-9-,17-12-,25-14+,39-22+. The van der Waals surface area contributed by atoms with Crippen molar-refractivity contribution in [1.29, 1.82) is 0 Å². The number of allylic oxidation sites excluding steroid dienone is 16. The zero-order valence-electron chi connectivity index (χ0n) is 34.8. The van der Waals surface area contributed by atoms with Crippen LogP contribution in [0.1, 0.15) is 47.6 Å². The Kier molecular flexibility index (Phi) is 11.3. The molecule has 0 saturated heterocycles. The van der Waals surface area contributed by atoms with E-state index in [2.05, 4.69) is 146 Å². The van der Waals surface area contributed by atoms with Crippen molar-refractivity contribution in [3.05, 3.63) is 236 Å². The monoisotopic (exact) mass is 802 g/mol. The summed E-state index contributed by atoms with van der Waals surface area (Å²) in [7, 11) is 0. The average molecular weight is 803 g/mol. The van der Waals surface area contributed by atoms with E-state index in [0.717, 1.165) is 83.7 Å². The molecule has 0 saturated carbocycles. The molecule has 5 heteroatoms. The molecule has 9 rings (SSSR count). The molecular weight excluding hydrogens is 757 g/mol. The Bertz CT molecular complexity index is 3250. The number of rotatable bonds is 13. The number of para-hydroxylation sites is 2. The minimum Gasteiger partial charge on any atom is -0.456 e. The molecule has 0 radical (unpaired) electrons. The third-order valence-corrected chi connectivity index (χ3v) is 11.3. The van der Waals surface area contributed by atoms with Crippen molar-refractivity contribution in [3.8, 4) is 17.1 Å². The lowest BCUT2D eigenvalue weighted by Gasteiger charge is -2.20. The lowest BCUT2D eigenvalue weighted by molar-refractivity contribution is 0.669. The Labute approximate surface area is 362 Å². The molecule has 0 fully saturated rings. The second-order valence-electron chi connectivity index (χ2n) is 15.1. The van der Waals surface area contributed by atoms with E-state index in [1.165, 1.54) is 5.56 Å². The molecule has 1 aliphatic rings. The van der Waals surface area contributed by atoms with Gasteiger partial charge in [0.25, 0.3) is 0 Å². The van der Waals surface area contributed by atoms with Crippen molar-refractivity contribution in [2.24, 2.45) is 0 Å². The van der Waals surface area contributed by atoms with Crippen LogP contribution < -0.4 is 0 Å². The van der Waals surface area contributed by atoms with Crippen LogP contribution in [0.4, 0.5) is 0 Å². The molecule has 1 atom stereocenters. The van der Waals surface area contributed by atoms with Crippen LogP contribution in [-0.2, 0) is 6.42 Å². The van der Waals surface area contributed by atoms with E-state index in [-0.39, 0.29) is 0 Å². The van der Waals surface area contributed by atoms with Gasteiger partial charge in [0.1, 0.15) is 17.0 Å². The van der Waals surface area contributed by atoms with Crippen molar-refractivity contribution in [3.63, 3.8) is 0 Å². The van der Waals surface area contributed by atoms with Crippen LogP contribution in [0.2, 0.25) is 0 Å². The lowest BCUT2D eigenvalue weighted by atomic mass is 9.90. The van der Waals surface area contributed by atoms with E-state index in [0.29, 0.717) is 29.8 Å². The molecule has 0 bridgehead atoms.